The van der Waals surface area contributed by atoms with Crippen LogP contribution in [-0.4, -0.2) is 0 Å². The fourth-order valence-corrected chi connectivity index (χ4v) is 10.0. The van der Waals surface area contributed by atoms with Crippen LogP contribution in [0.5, 0.6) is 0 Å². The van der Waals surface area contributed by atoms with E-state index in [9.17, 15) is 0 Å². The second kappa shape index (κ2) is 12.4. The molecule has 0 unspecified atom stereocenters. The minimum absolute atomic E-state index is 0.0567. The summed E-state index contributed by atoms with van der Waals surface area (Å²) in [4.78, 5) is 0. The van der Waals surface area contributed by atoms with Gasteiger partial charge in [-0.3, -0.25) is 0 Å². The van der Waals surface area contributed by atoms with Gasteiger partial charge in [0.25, 0.3) is 0 Å². The number of hydrogen-bond donors (Lipinski definition) is 0. The average molecular weight is 739 g/mol. The summed E-state index contributed by atoms with van der Waals surface area (Å²) in [5.41, 5.74) is 17.1. The van der Waals surface area contributed by atoms with Crippen molar-refractivity contribution in [2.24, 2.45) is 0 Å². The maximum atomic E-state index is 6.12. The summed E-state index contributed by atoms with van der Waals surface area (Å²) in [6, 6.07) is 71.5. The first-order valence-corrected chi connectivity index (χ1v) is 20.2. The van der Waals surface area contributed by atoms with E-state index in [1.54, 1.807) is 0 Å². The lowest BCUT2D eigenvalue weighted by Crippen LogP contribution is -2.14. The van der Waals surface area contributed by atoms with Gasteiger partial charge >= 0.3 is 0 Å². The molecule has 0 saturated heterocycles. The number of para-hydroxylation sites is 1. The van der Waals surface area contributed by atoms with E-state index in [0.29, 0.717) is 0 Å². The first-order chi connectivity index (χ1) is 28.5. The van der Waals surface area contributed by atoms with Crippen LogP contribution in [0.3, 0.4) is 0 Å². The first kappa shape index (κ1) is 33.0. The zero-order valence-electron chi connectivity index (χ0n) is 32.4. The third-order valence-electron chi connectivity index (χ3n) is 12.9. The van der Waals surface area contributed by atoms with Gasteiger partial charge in [0.1, 0.15) is 11.2 Å². The van der Waals surface area contributed by atoms with Crippen molar-refractivity contribution < 1.29 is 4.42 Å². The van der Waals surface area contributed by atoms with E-state index >= 15 is 0 Å². The van der Waals surface area contributed by atoms with Crippen molar-refractivity contribution in [3.63, 3.8) is 0 Å². The Kier molecular flexibility index (Phi) is 7.04. The number of rotatable bonds is 4. The minimum atomic E-state index is -0.0567. The lowest BCUT2D eigenvalue weighted by molar-refractivity contribution is 0.661. The average Bonchev–Trinajstić information content (AvgIpc) is 3.76. The molecule has 1 aromatic heterocycles. The monoisotopic (exact) mass is 738 g/mol. The molecule has 0 amide bonds. The minimum Gasteiger partial charge on any atom is -0.456 e. The molecule has 0 aliphatic heterocycles. The van der Waals surface area contributed by atoms with E-state index in [-0.39, 0.29) is 5.41 Å². The van der Waals surface area contributed by atoms with Gasteiger partial charge in [0.05, 0.1) is 0 Å². The van der Waals surface area contributed by atoms with Crippen molar-refractivity contribution in [2.45, 2.75) is 19.3 Å². The fourth-order valence-electron chi connectivity index (χ4n) is 10.0. The van der Waals surface area contributed by atoms with Crippen LogP contribution in [0.4, 0.5) is 0 Å². The maximum Gasteiger partial charge on any atom is 0.135 e. The number of benzene rings is 10. The van der Waals surface area contributed by atoms with Gasteiger partial charge in [0.15, 0.2) is 0 Å². The number of furan rings is 1. The van der Waals surface area contributed by atoms with Crippen LogP contribution >= 0.6 is 0 Å². The zero-order chi connectivity index (χ0) is 38.5. The molecular weight excluding hydrogens is 701 g/mol. The van der Waals surface area contributed by atoms with E-state index in [1.165, 1.54) is 99.1 Å². The highest BCUT2D eigenvalue weighted by molar-refractivity contribution is 6.21. The molecule has 0 radical (unpaired) electrons. The van der Waals surface area contributed by atoms with Gasteiger partial charge < -0.3 is 4.42 Å². The SMILES string of the molecule is CC1(C)c2ccc(-c3cccc(-c4c5ccccc5c(-c5ccc(-c6ccc7oc8ccccc8c7c6)cc5)c5ccccc45)c3)cc2-c2c1ccc1ccccc21. The van der Waals surface area contributed by atoms with Crippen LogP contribution in [0.25, 0.3) is 110 Å². The number of fused-ring (bicyclic) bond motifs is 10. The first-order valence-electron chi connectivity index (χ1n) is 20.2. The Morgan fingerprint density at radius 3 is 1.57 bits per heavy atom. The van der Waals surface area contributed by atoms with Gasteiger partial charge in [-0.05, 0) is 129 Å². The Balaban J connectivity index is 0.982. The predicted molar refractivity (Wildman–Crippen MR) is 246 cm³/mol. The van der Waals surface area contributed by atoms with Crippen LogP contribution in [0.15, 0.2) is 199 Å². The van der Waals surface area contributed by atoms with E-state index in [2.05, 4.69) is 196 Å². The van der Waals surface area contributed by atoms with Gasteiger partial charge in [-0.2, -0.15) is 0 Å². The Morgan fingerprint density at radius 1 is 0.310 bits per heavy atom. The molecule has 0 spiro atoms. The molecule has 0 fully saturated rings. The zero-order valence-corrected chi connectivity index (χ0v) is 32.4. The molecule has 0 atom stereocenters. The molecule has 1 aliphatic carbocycles. The smallest absolute Gasteiger partial charge is 0.135 e. The Labute approximate surface area is 337 Å². The van der Waals surface area contributed by atoms with Crippen LogP contribution in [0.2, 0.25) is 0 Å². The van der Waals surface area contributed by atoms with E-state index in [4.69, 9.17) is 4.42 Å². The summed E-state index contributed by atoms with van der Waals surface area (Å²) in [6.45, 7) is 4.73. The van der Waals surface area contributed by atoms with Crippen molar-refractivity contribution in [1.29, 1.82) is 0 Å². The maximum absolute atomic E-state index is 6.12. The molecule has 12 rings (SSSR count). The van der Waals surface area contributed by atoms with Crippen molar-refractivity contribution in [2.75, 3.05) is 0 Å². The van der Waals surface area contributed by atoms with Crippen LogP contribution in [0.1, 0.15) is 25.0 Å². The van der Waals surface area contributed by atoms with Gasteiger partial charge in [-0.25, -0.2) is 0 Å². The molecule has 272 valence electrons. The standard InChI is InChI=1S/C57H38O/c1-57(2)50-29-27-40(34-49(50)56-42-15-4-3-12-36(42)26-30-51(56)57)38-13-11-14-41(32-38)55-46-19-7-5-17-44(46)54(45-18-6-8-20-47(45)55)37-24-22-35(23-25-37)39-28-31-53-48(33-39)43-16-9-10-21-52(43)58-53/h3-34H,1-2H3. The highest BCUT2D eigenvalue weighted by atomic mass is 16.3. The lowest BCUT2D eigenvalue weighted by Gasteiger charge is -2.21. The van der Waals surface area contributed by atoms with E-state index < -0.39 is 0 Å². The normalized spacial score (nSPS) is 13.1. The number of hydrogen-bond acceptors (Lipinski definition) is 1. The molecule has 0 saturated carbocycles. The van der Waals surface area contributed by atoms with Crippen molar-refractivity contribution >= 4 is 54.3 Å². The fraction of sp³-hybridized carbons (Fsp3) is 0.0526. The van der Waals surface area contributed by atoms with Crippen molar-refractivity contribution in [3.8, 4) is 55.6 Å². The van der Waals surface area contributed by atoms with Crippen molar-refractivity contribution in [3.05, 3.63) is 205 Å². The molecule has 0 N–H and O–H groups in total. The van der Waals surface area contributed by atoms with Gasteiger partial charge in [-0.1, -0.05) is 178 Å². The molecule has 1 heteroatoms. The third kappa shape index (κ3) is 4.83. The van der Waals surface area contributed by atoms with Crippen LogP contribution in [-0.2, 0) is 5.41 Å². The summed E-state index contributed by atoms with van der Waals surface area (Å²) >= 11 is 0. The van der Waals surface area contributed by atoms with Gasteiger partial charge in [0.2, 0.25) is 0 Å². The quantitative estimate of drug-likeness (QED) is 0.164. The molecule has 1 aliphatic rings. The molecule has 58 heavy (non-hydrogen) atoms. The van der Waals surface area contributed by atoms with Crippen molar-refractivity contribution in [1.82, 2.24) is 0 Å². The largest absolute Gasteiger partial charge is 0.456 e. The molecule has 1 nitrogen and oxygen atoms in total. The summed E-state index contributed by atoms with van der Waals surface area (Å²) in [5.74, 6) is 0. The Morgan fingerprint density at radius 2 is 0.828 bits per heavy atom. The van der Waals surface area contributed by atoms with Gasteiger partial charge in [0, 0.05) is 16.2 Å². The topological polar surface area (TPSA) is 13.1 Å². The summed E-state index contributed by atoms with van der Waals surface area (Å²) in [5, 5.41) is 9.93. The molecule has 11 aromatic rings. The summed E-state index contributed by atoms with van der Waals surface area (Å²) < 4.78 is 6.12. The molecule has 10 aromatic carbocycles. The molecule has 0 bridgehead atoms. The van der Waals surface area contributed by atoms with Gasteiger partial charge in [-0.15, -0.1) is 0 Å². The summed E-state index contributed by atoms with van der Waals surface area (Å²) in [6.07, 6.45) is 0. The highest BCUT2D eigenvalue weighted by Crippen LogP contribution is 2.52. The van der Waals surface area contributed by atoms with Crippen LogP contribution < -0.4 is 0 Å². The lowest BCUT2D eigenvalue weighted by atomic mass is 9.81. The highest BCUT2D eigenvalue weighted by Gasteiger charge is 2.36. The van der Waals surface area contributed by atoms with E-state index in [1.807, 2.05) is 12.1 Å². The predicted octanol–water partition coefficient (Wildman–Crippen LogP) is 16.0. The van der Waals surface area contributed by atoms with E-state index in [0.717, 1.165) is 21.9 Å². The Bertz CT molecular complexity index is 3410. The van der Waals surface area contributed by atoms with Crippen LogP contribution in [0, 0.1) is 0 Å². The second-order valence-corrected chi connectivity index (χ2v) is 16.4. The molecular formula is C57H38O. The summed E-state index contributed by atoms with van der Waals surface area (Å²) in [7, 11) is 0. The Hall–Kier alpha value is -7.22. The third-order valence-corrected chi connectivity index (χ3v) is 12.9. The second-order valence-electron chi connectivity index (χ2n) is 16.4. The molecule has 1 heterocycles.